The van der Waals surface area contributed by atoms with E-state index in [9.17, 15) is 4.39 Å². The number of hydrogen-bond acceptors (Lipinski definition) is 3. The predicted octanol–water partition coefficient (Wildman–Crippen LogP) is 3.27. The number of benzene rings is 1. The Bertz CT molecular complexity index is 481. The maximum absolute atomic E-state index is 13.4. The van der Waals surface area contributed by atoms with Crippen molar-refractivity contribution in [2.75, 3.05) is 7.11 Å². The van der Waals surface area contributed by atoms with Crippen molar-refractivity contribution < 1.29 is 9.13 Å². The highest BCUT2D eigenvalue weighted by Gasteiger charge is 2.07. The van der Waals surface area contributed by atoms with E-state index in [4.69, 9.17) is 4.74 Å². The van der Waals surface area contributed by atoms with Crippen LogP contribution in [0.4, 0.5) is 4.39 Å². The third-order valence-electron chi connectivity index (χ3n) is 2.02. The third kappa shape index (κ3) is 1.99. The van der Waals surface area contributed by atoms with E-state index in [1.54, 1.807) is 29.7 Å². The summed E-state index contributed by atoms with van der Waals surface area (Å²) in [5.41, 5.74) is 0.784. The normalized spacial score (nSPS) is 10.3. The number of nitrogens with zero attached hydrogens (tertiary/aromatic N) is 1. The summed E-state index contributed by atoms with van der Waals surface area (Å²) in [5, 5.41) is 0.828. The molecule has 0 spiro atoms. The minimum atomic E-state index is -0.358. The Hall–Kier alpha value is -1.42. The van der Waals surface area contributed by atoms with Gasteiger partial charge in [0.2, 0.25) is 0 Å². The summed E-state index contributed by atoms with van der Waals surface area (Å²) in [4.78, 5) is 5.31. The highest BCUT2D eigenvalue weighted by molar-refractivity contribution is 7.14. The van der Waals surface area contributed by atoms with Crippen molar-refractivity contribution in [3.8, 4) is 16.3 Å². The predicted molar refractivity (Wildman–Crippen MR) is 58.8 cm³/mol. The number of aromatic nitrogens is 1. The second-order valence-electron chi connectivity index (χ2n) is 3.13. The molecule has 0 amide bonds. The van der Waals surface area contributed by atoms with Crippen LogP contribution in [0.5, 0.6) is 5.75 Å². The number of hydrogen-bond donors (Lipinski definition) is 0. The van der Waals surface area contributed by atoms with Gasteiger partial charge in [-0.1, -0.05) is 0 Å². The number of rotatable bonds is 2. The van der Waals surface area contributed by atoms with Gasteiger partial charge in [0, 0.05) is 16.6 Å². The zero-order chi connectivity index (χ0) is 10.8. The quantitative estimate of drug-likeness (QED) is 0.779. The summed E-state index contributed by atoms with van der Waals surface area (Å²) in [6.45, 7) is 1.97. The number of thiazole rings is 1. The summed E-state index contributed by atoms with van der Waals surface area (Å²) < 4.78 is 18.2. The molecule has 0 saturated carbocycles. The first kappa shape index (κ1) is 10.1. The molecule has 15 heavy (non-hydrogen) atoms. The van der Waals surface area contributed by atoms with Crippen molar-refractivity contribution in [2.45, 2.75) is 6.92 Å². The number of halogens is 1. The zero-order valence-electron chi connectivity index (χ0n) is 8.45. The molecule has 0 fully saturated rings. The topological polar surface area (TPSA) is 22.1 Å². The maximum atomic E-state index is 13.4. The van der Waals surface area contributed by atoms with Crippen LogP contribution in [0.3, 0.4) is 0 Å². The monoisotopic (exact) mass is 223 g/mol. The first-order chi connectivity index (χ1) is 7.20. The molecule has 0 saturated heterocycles. The average Bonchev–Trinajstić information content (AvgIpc) is 2.65. The lowest BCUT2D eigenvalue weighted by Gasteiger charge is -2.02. The van der Waals surface area contributed by atoms with Crippen molar-refractivity contribution >= 4 is 11.3 Å². The molecule has 0 aliphatic heterocycles. The fraction of sp³-hybridized carbons (Fsp3) is 0.182. The van der Waals surface area contributed by atoms with Gasteiger partial charge in [-0.05, 0) is 25.1 Å². The largest absolute Gasteiger partial charge is 0.494 e. The average molecular weight is 223 g/mol. The lowest BCUT2D eigenvalue weighted by atomic mass is 10.2. The molecule has 2 aromatic rings. The molecule has 0 radical (unpaired) electrons. The third-order valence-corrected chi connectivity index (χ3v) is 2.98. The van der Waals surface area contributed by atoms with Crippen LogP contribution in [0.15, 0.2) is 24.4 Å². The van der Waals surface area contributed by atoms with Crippen LogP contribution in [-0.4, -0.2) is 12.1 Å². The van der Waals surface area contributed by atoms with Crippen LogP contribution in [0.2, 0.25) is 0 Å². The second kappa shape index (κ2) is 3.98. The minimum absolute atomic E-state index is 0.257. The van der Waals surface area contributed by atoms with E-state index in [2.05, 4.69) is 4.98 Å². The van der Waals surface area contributed by atoms with Crippen LogP contribution < -0.4 is 4.74 Å². The van der Waals surface area contributed by atoms with Crippen molar-refractivity contribution in [1.82, 2.24) is 4.98 Å². The van der Waals surface area contributed by atoms with Gasteiger partial charge >= 0.3 is 0 Å². The van der Waals surface area contributed by atoms with Crippen LogP contribution >= 0.6 is 11.3 Å². The van der Waals surface area contributed by atoms with Crippen LogP contribution in [0, 0.1) is 12.7 Å². The van der Waals surface area contributed by atoms with Gasteiger partial charge in [0.05, 0.1) is 7.11 Å². The molecule has 0 aliphatic rings. The van der Waals surface area contributed by atoms with E-state index < -0.39 is 0 Å². The van der Waals surface area contributed by atoms with Crippen molar-refractivity contribution in [1.29, 1.82) is 0 Å². The van der Waals surface area contributed by atoms with Crippen molar-refractivity contribution in [2.24, 2.45) is 0 Å². The number of methoxy groups -OCH3 is 1. The van der Waals surface area contributed by atoms with Crippen molar-refractivity contribution in [3.05, 3.63) is 35.1 Å². The Labute approximate surface area is 91.4 Å². The maximum Gasteiger partial charge on any atom is 0.165 e. The summed E-state index contributed by atoms with van der Waals surface area (Å²) in [6.07, 6.45) is 1.78. The van der Waals surface area contributed by atoms with Gasteiger partial charge in [-0.15, -0.1) is 11.3 Å². The molecule has 2 rings (SSSR count). The molecule has 2 nitrogen and oxygen atoms in total. The molecule has 0 aliphatic carbocycles. The molecule has 1 heterocycles. The minimum Gasteiger partial charge on any atom is -0.494 e. The molecule has 4 heteroatoms. The summed E-state index contributed by atoms with van der Waals surface area (Å²) >= 11 is 1.54. The molecule has 0 bridgehead atoms. The fourth-order valence-electron chi connectivity index (χ4n) is 1.29. The molecular formula is C11H10FNOS. The van der Waals surface area contributed by atoms with E-state index in [1.165, 1.54) is 13.2 Å². The first-order valence-electron chi connectivity index (χ1n) is 4.47. The highest BCUT2D eigenvalue weighted by Crippen LogP contribution is 2.28. The number of aryl methyl sites for hydroxylation is 1. The summed E-state index contributed by atoms with van der Waals surface area (Å²) in [5.74, 6) is -0.102. The Morgan fingerprint density at radius 2 is 2.20 bits per heavy atom. The molecule has 1 aromatic heterocycles. The van der Waals surface area contributed by atoms with Gasteiger partial charge in [0.15, 0.2) is 11.6 Å². The van der Waals surface area contributed by atoms with Gasteiger partial charge in [-0.25, -0.2) is 9.37 Å². The SMILES string of the molecule is COc1ccc(-c2ncc(C)s2)cc1F. The highest BCUT2D eigenvalue weighted by atomic mass is 32.1. The van der Waals surface area contributed by atoms with Crippen LogP contribution in [-0.2, 0) is 0 Å². The second-order valence-corrected chi connectivity index (χ2v) is 4.36. The Morgan fingerprint density at radius 1 is 1.40 bits per heavy atom. The molecule has 78 valence electrons. The smallest absolute Gasteiger partial charge is 0.165 e. The zero-order valence-corrected chi connectivity index (χ0v) is 9.27. The lowest BCUT2D eigenvalue weighted by Crippen LogP contribution is -1.88. The van der Waals surface area contributed by atoms with E-state index in [0.717, 1.165) is 15.4 Å². The van der Waals surface area contributed by atoms with Crippen molar-refractivity contribution in [3.63, 3.8) is 0 Å². The van der Waals surface area contributed by atoms with E-state index in [-0.39, 0.29) is 11.6 Å². The van der Waals surface area contributed by atoms with E-state index in [1.807, 2.05) is 6.92 Å². The molecule has 1 aromatic carbocycles. The summed E-state index contributed by atoms with van der Waals surface area (Å²) in [7, 11) is 1.45. The lowest BCUT2D eigenvalue weighted by molar-refractivity contribution is 0.386. The Morgan fingerprint density at radius 3 is 2.73 bits per heavy atom. The van der Waals surface area contributed by atoms with Gasteiger partial charge in [-0.3, -0.25) is 0 Å². The fourth-order valence-corrected chi connectivity index (χ4v) is 2.05. The first-order valence-corrected chi connectivity index (χ1v) is 5.28. The Balaban J connectivity index is 2.42. The molecule has 0 N–H and O–H groups in total. The van der Waals surface area contributed by atoms with Gasteiger partial charge in [0.1, 0.15) is 5.01 Å². The van der Waals surface area contributed by atoms with Crippen LogP contribution in [0.25, 0.3) is 10.6 Å². The molecule has 0 unspecified atom stereocenters. The van der Waals surface area contributed by atoms with E-state index in [0.29, 0.717) is 0 Å². The standard InChI is InChI=1S/C11H10FNOS/c1-7-6-13-11(15-7)8-3-4-10(14-2)9(12)5-8/h3-6H,1-2H3. The van der Waals surface area contributed by atoms with E-state index >= 15 is 0 Å². The molecule has 0 atom stereocenters. The summed E-state index contributed by atoms with van der Waals surface area (Å²) in [6, 6.07) is 4.86. The number of ether oxygens (including phenoxy) is 1. The Kier molecular flexibility index (Phi) is 2.68. The van der Waals surface area contributed by atoms with Gasteiger partial charge < -0.3 is 4.74 Å². The van der Waals surface area contributed by atoms with Gasteiger partial charge in [0.25, 0.3) is 0 Å². The van der Waals surface area contributed by atoms with Gasteiger partial charge in [-0.2, -0.15) is 0 Å². The van der Waals surface area contributed by atoms with Crippen LogP contribution in [0.1, 0.15) is 4.88 Å². The molecular weight excluding hydrogens is 213 g/mol.